The van der Waals surface area contributed by atoms with Gasteiger partial charge in [0.1, 0.15) is 5.52 Å². The number of hydrogen-bond donors (Lipinski definition) is 1. The Balaban J connectivity index is 1.11. The number of H-pyrrole nitrogens is 1. The van der Waals surface area contributed by atoms with Crippen molar-refractivity contribution in [2.45, 2.75) is 19.4 Å². The number of aryl methyl sites for hydroxylation is 1. The summed E-state index contributed by atoms with van der Waals surface area (Å²) in [4.78, 5) is 17.3. The summed E-state index contributed by atoms with van der Waals surface area (Å²) in [5, 5.41) is 17.7. The molecule has 2 aromatic heterocycles. The van der Waals surface area contributed by atoms with Crippen LogP contribution in [-0.4, -0.2) is 62.8 Å². The molecule has 1 aliphatic rings. The van der Waals surface area contributed by atoms with Crippen molar-refractivity contribution >= 4 is 27.6 Å². The van der Waals surface area contributed by atoms with Crippen LogP contribution in [0.3, 0.4) is 0 Å². The average molecular weight is 403 g/mol. The van der Waals surface area contributed by atoms with E-state index in [1.165, 1.54) is 10.1 Å². The van der Waals surface area contributed by atoms with Crippen LogP contribution >= 0.6 is 0 Å². The van der Waals surface area contributed by atoms with Gasteiger partial charge in [-0.3, -0.25) is 14.8 Å². The molecule has 0 spiro atoms. The zero-order valence-electron chi connectivity index (χ0n) is 16.9. The van der Waals surface area contributed by atoms with Crippen LogP contribution in [0.5, 0.6) is 0 Å². The van der Waals surface area contributed by atoms with E-state index in [4.69, 9.17) is 0 Å². The number of fused-ring (bicyclic) bond motifs is 2. The first-order valence-electron chi connectivity index (χ1n) is 10.5. The summed E-state index contributed by atoms with van der Waals surface area (Å²) < 4.78 is 1.49. The van der Waals surface area contributed by atoms with Crippen LogP contribution < -0.4 is 10.5 Å². The molecule has 154 valence electrons. The first-order valence-corrected chi connectivity index (χ1v) is 10.5. The number of aromatic nitrogens is 5. The minimum Gasteiger partial charge on any atom is -0.352 e. The van der Waals surface area contributed by atoms with Crippen molar-refractivity contribution in [2.75, 3.05) is 37.6 Å². The molecule has 0 bridgehead atoms. The van der Waals surface area contributed by atoms with E-state index in [0.717, 1.165) is 56.9 Å². The van der Waals surface area contributed by atoms with Crippen molar-refractivity contribution in [3.63, 3.8) is 0 Å². The number of nitrogens with zero attached hydrogens (tertiary/aromatic N) is 6. The van der Waals surface area contributed by atoms with E-state index in [9.17, 15) is 4.79 Å². The molecule has 0 radical (unpaired) electrons. The SMILES string of the molecule is O=c1c2ccccc2nnn1CCCCN1CCN(c2n[nH]c3ccccc23)CC1. The summed E-state index contributed by atoms with van der Waals surface area (Å²) in [7, 11) is 0. The Morgan fingerprint density at radius 3 is 2.47 bits per heavy atom. The highest BCUT2D eigenvalue weighted by molar-refractivity contribution is 5.90. The zero-order chi connectivity index (χ0) is 20.3. The van der Waals surface area contributed by atoms with Crippen LogP contribution in [-0.2, 0) is 6.54 Å². The monoisotopic (exact) mass is 403 g/mol. The molecule has 1 N–H and O–H groups in total. The summed E-state index contributed by atoms with van der Waals surface area (Å²) in [5.74, 6) is 1.06. The first kappa shape index (κ1) is 18.7. The van der Waals surface area contributed by atoms with Crippen LogP contribution in [0.25, 0.3) is 21.8 Å². The average Bonchev–Trinajstić information content (AvgIpc) is 3.23. The van der Waals surface area contributed by atoms with E-state index in [-0.39, 0.29) is 5.56 Å². The van der Waals surface area contributed by atoms with Gasteiger partial charge in [0.2, 0.25) is 0 Å². The van der Waals surface area contributed by atoms with Crippen LogP contribution in [0.2, 0.25) is 0 Å². The second-order valence-electron chi connectivity index (χ2n) is 7.76. The molecule has 2 aromatic carbocycles. The highest BCUT2D eigenvalue weighted by atomic mass is 16.1. The molecule has 1 aliphatic heterocycles. The van der Waals surface area contributed by atoms with Crippen LogP contribution in [0.15, 0.2) is 53.3 Å². The number of anilines is 1. The summed E-state index contributed by atoms with van der Waals surface area (Å²) in [5.41, 5.74) is 1.68. The van der Waals surface area contributed by atoms with E-state index in [0.29, 0.717) is 17.4 Å². The van der Waals surface area contributed by atoms with Crippen LogP contribution in [0, 0.1) is 0 Å². The van der Waals surface area contributed by atoms with Crippen LogP contribution in [0.1, 0.15) is 12.8 Å². The third-order valence-corrected chi connectivity index (χ3v) is 5.85. The van der Waals surface area contributed by atoms with Gasteiger partial charge in [-0.2, -0.15) is 5.10 Å². The van der Waals surface area contributed by atoms with E-state index in [1.807, 2.05) is 30.3 Å². The maximum absolute atomic E-state index is 12.5. The topological polar surface area (TPSA) is 82.9 Å². The lowest BCUT2D eigenvalue weighted by molar-refractivity contribution is 0.250. The lowest BCUT2D eigenvalue weighted by Crippen LogP contribution is -2.46. The fourth-order valence-corrected chi connectivity index (χ4v) is 4.14. The minimum atomic E-state index is -0.0551. The van der Waals surface area contributed by atoms with Crippen molar-refractivity contribution in [3.05, 3.63) is 58.9 Å². The molecule has 8 nitrogen and oxygen atoms in total. The molecule has 1 fully saturated rings. The normalized spacial score (nSPS) is 15.3. The van der Waals surface area contributed by atoms with Gasteiger partial charge in [0.05, 0.1) is 10.9 Å². The Bertz CT molecular complexity index is 1210. The Morgan fingerprint density at radius 2 is 1.60 bits per heavy atom. The third kappa shape index (κ3) is 3.66. The van der Waals surface area contributed by atoms with Gasteiger partial charge in [0, 0.05) is 38.1 Å². The molecule has 4 aromatic rings. The van der Waals surface area contributed by atoms with Crippen molar-refractivity contribution in [1.82, 2.24) is 30.1 Å². The molecule has 5 rings (SSSR count). The molecule has 3 heterocycles. The van der Waals surface area contributed by atoms with E-state index in [1.54, 1.807) is 0 Å². The third-order valence-electron chi connectivity index (χ3n) is 5.85. The number of benzene rings is 2. The number of aromatic amines is 1. The van der Waals surface area contributed by atoms with Gasteiger partial charge >= 0.3 is 0 Å². The molecule has 0 amide bonds. The van der Waals surface area contributed by atoms with Crippen molar-refractivity contribution in [1.29, 1.82) is 0 Å². The summed E-state index contributed by atoms with van der Waals surface area (Å²) in [6, 6.07) is 15.6. The molecule has 0 atom stereocenters. The number of nitrogens with one attached hydrogen (secondary N) is 1. The van der Waals surface area contributed by atoms with Gasteiger partial charge in [0.15, 0.2) is 5.82 Å². The Hall–Kier alpha value is -3.26. The number of unbranched alkanes of at least 4 members (excludes halogenated alkanes) is 1. The molecule has 0 unspecified atom stereocenters. The van der Waals surface area contributed by atoms with E-state index >= 15 is 0 Å². The molecular weight excluding hydrogens is 378 g/mol. The Morgan fingerprint density at radius 1 is 0.867 bits per heavy atom. The highest BCUT2D eigenvalue weighted by Crippen LogP contribution is 2.24. The largest absolute Gasteiger partial charge is 0.352 e. The molecular formula is C22H25N7O. The first-order chi connectivity index (χ1) is 14.8. The Labute approximate surface area is 174 Å². The number of hydrogen-bond acceptors (Lipinski definition) is 6. The predicted molar refractivity (Wildman–Crippen MR) is 118 cm³/mol. The van der Waals surface area contributed by atoms with Gasteiger partial charge in [-0.25, -0.2) is 4.68 Å². The smallest absolute Gasteiger partial charge is 0.277 e. The van der Waals surface area contributed by atoms with E-state index in [2.05, 4.69) is 48.5 Å². The quantitative estimate of drug-likeness (QED) is 0.497. The van der Waals surface area contributed by atoms with Gasteiger partial charge in [-0.15, -0.1) is 5.10 Å². The number of rotatable bonds is 6. The lowest BCUT2D eigenvalue weighted by atomic mass is 10.2. The summed E-state index contributed by atoms with van der Waals surface area (Å²) in [6.45, 7) is 5.64. The van der Waals surface area contributed by atoms with Crippen molar-refractivity contribution in [3.8, 4) is 0 Å². The molecule has 30 heavy (non-hydrogen) atoms. The summed E-state index contributed by atoms with van der Waals surface area (Å²) >= 11 is 0. The van der Waals surface area contributed by atoms with Gasteiger partial charge in [0.25, 0.3) is 5.56 Å². The maximum atomic E-state index is 12.5. The van der Waals surface area contributed by atoms with Gasteiger partial charge < -0.3 is 4.90 Å². The van der Waals surface area contributed by atoms with Gasteiger partial charge in [-0.1, -0.05) is 29.5 Å². The fraction of sp³-hybridized carbons (Fsp3) is 0.364. The molecule has 0 aliphatic carbocycles. The molecule has 1 saturated heterocycles. The van der Waals surface area contributed by atoms with Crippen LogP contribution in [0.4, 0.5) is 5.82 Å². The minimum absolute atomic E-state index is 0.0551. The van der Waals surface area contributed by atoms with Gasteiger partial charge in [-0.05, 0) is 43.7 Å². The standard InChI is InChI=1S/C22H25N7O/c30-22-18-8-2-4-10-20(18)24-26-29(22)12-6-5-11-27-13-15-28(16-14-27)21-17-7-1-3-9-19(17)23-25-21/h1-4,7-10H,5-6,11-16H2,(H,23,25). The van der Waals surface area contributed by atoms with E-state index < -0.39 is 0 Å². The zero-order valence-corrected chi connectivity index (χ0v) is 16.9. The fourth-order valence-electron chi connectivity index (χ4n) is 4.14. The Kier molecular flexibility index (Phi) is 5.15. The highest BCUT2D eigenvalue weighted by Gasteiger charge is 2.20. The lowest BCUT2D eigenvalue weighted by Gasteiger charge is -2.35. The predicted octanol–water partition coefficient (Wildman–Crippen LogP) is 2.27. The maximum Gasteiger partial charge on any atom is 0.277 e. The number of para-hydroxylation sites is 1. The summed E-state index contributed by atoms with van der Waals surface area (Å²) in [6.07, 6.45) is 1.95. The molecule has 0 saturated carbocycles. The number of piperazine rings is 1. The van der Waals surface area contributed by atoms with Crippen molar-refractivity contribution < 1.29 is 0 Å². The van der Waals surface area contributed by atoms with Crippen molar-refractivity contribution in [2.24, 2.45) is 0 Å². The second-order valence-corrected chi connectivity index (χ2v) is 7.76. The molecule has 8 heteroatoms. The second kappa shape index (κ2) is 8.23.